The second-order valence-electron chi connectivity index (χ2n) is 6.25. The van der Waals surface area contributed by atoms with Gasteiger partial charge in [0.15, 0.2) is 0 Å². The molecule has 4 heterocycles. The van der Waals surface area contributed by atoms with Crippen LogP contribution in [0.5, 0.6) is 0 Å². The van der Waals surface area contributed by atoms with E-state index >= 15 is 0 Å². The lowest BCUT2D eigenvalue weighted by atomic mass is 10.1. The summed E-state index contributed by atoms with van der Waals surface area (Å²) < 4.78 is 0.838. The Kier molecular flexibility index (Phi) is 5.73. The first kappa shape index (κ1) is 18.2. The van der Waals surface area contributed by atoms with Crippen molar-refractivity contribution in [2.45, 2.75) is 25.3 Å². The molecule has 4 nitrogen and oxygen atoms in total. The van der Waals surface area contributed by atoms with E-state index in [1.807, 2.05) is 17.5 Å². The summed E-state index contributed by atoms with van der Waals surface area (Å²) in [7, 11) is 0. The summed E-state index contributed by atoms with van der Waals surface area (Å²) in [6.07, 6.45) is 3.15. The molecule has 2 aromatic rings. The minimum absolute atomic E-state index is 0.000517. The number of nitrogens with zero attached hydrogens (tertiary/aromatic N) is 3. The highest BCUT2D eigenvalue weighted by molar-refractivity contribution is 8.23. The van der Waals surface area contributed by atoms with Gasteiger partial charge in [-0.2, -0.15) is 5.10 Å². The van der Waals surface area contributed by atoms with Gasteiger partial charge in [-0.1, -0.05) is 36.1 Å². The first-order valence-electron chi connectivity index (χ1n) is 8.61. The minimum Gasteiger partial charge on any atom is -0.358 e. The molecule has 8 heteroatoms. The van der Waals surface area contributed by atoms with Gasteiger partial charge in [0.25, 0.3) is 5.91 Å². The van der Waals surface area contributed by atoms with Crippen LogP contribution in [0.25, 0.3) is 0 Å². The highest BCUT2D eigenvalue weighted by Crippen LogP contribution is 2.36. The standard InChI is InChI=1S/C18H19N3OS4/c22-17(12-26-18(23)20-7-1-2-8-20)21-14(16-6-4-10-25-16)11-13(19-21)15-5-3-9-24-15/h3-6,9-10,14H,1-2,7-8,11-12H2. The molecule has 136 valence electrons. The predicted octanol–water partition coefficient (Wildman–Crippen LogP) is 4.60. The van der Waals surface area contributed by atoms with Gasteiger partial charge in [0.2, 0.25) is 0 Å². The molecule has 1 saturated heterocycles. The van der Waals surface area contributed by atoms with Crippen LogP contribution in [0.1, 0.15) is 35.1 Å². The summed E-state index contributed by atoms with van der Waals surface area (Å²) in [5.41, 5.74) is 0.999. The van der Waals surface area contributed by atoms with Gasteiger partial charge in [-0.05, 0) is 35.7 Å². The Morgan fingerprint density at radius 1 is 1.23 bits per heavy atom. The lowest BCUT2D eigenvalue weighted by Crippen LogP contribution is -2.30. The van der Waals surface area contributed by atoms with Crippen molar-refractivity contribution in [1.82, 2.24) is 9.91 Å². The number of thiocarbonyl (C=S) groups is 1. The molecule has 1 unspecified atom stereocenters. The number of carbonyl (C=O) groups is 1. The van der Waals surface area contributed by atoms with Crippen LogP contribution >= 0.6 is 46.7 Å². The topological polar surface area (TPSA) is 35.9 Å². The number of likely N-dealkylation sites (tertiary alicyclic amines) is 1. The highest BCUT2D eigenvalue weighted by Gasteiger charge is 2.34. The van der Waals surface area contributed by atoms with Crippen LogP contribution in [0.2, 0.25) is 0 Å². The number of hydrogen-bond donors (Lipinski definition) is 0. The molecule has 0 spiro atoms. The Morgan fingerprint density at radius 2 is 2.00 bits per heavy atom. The van der Waals surface area contributed by atoms with E-state index in [1.54, 1.807) is 27.7 Å². The maximum absolute atomic E-state index is 12.9. The maximum Gasteiger partial charge on any atom is 0.253 e. The fourth-order valence-electron chi connectivity index (χ4n) is 3.21. The van der Waals surface area contributed by atoms with Crippen LogP contribution in [0, 0.1) is 0 Å². The first-order valence-corrected chi connectivity index (χ1v) is 11.8. The molecule has 1 amide bonds. The van der Waals surface area contributed by atoms with E-state index in [-0.39, 0.29) is 11.9 Å². The Morgan fingerprint density at radius 3 is 2.69 bits per heavy atom. The van der Waals surface area contributed by atoms with Crippen LogP contribution in [-0.4, -0.2) is 44.7 Å². The molecule has 0 radical (unpaired) electrons. The summed E-state index contributed by atoms with van der Waals surface area (Å²) in [6, 6.07) is 8.21. The highest BCUT2D eigenvalue weighted by atomic mass is 32.2. The maximum atomic E-state index is 12.9. The molecular formula is C18H19N3OS4. The molecule has 0 aliphatic carbocycles. The van der Waals surface area contributed by atoms with E-state index in [4.69, 9.17) is 17.3 Å². The number of hydrazone groups is 1. The number of amides is 1. The number of hydrogen-bond acceptors (Lipinski definition) is 6. The number of thioether (sulfide) groups is 1. The quantitative estimate of drug-likeness (QED) is 0.676. The zero-order valence-electron chi connectivity index (χ0n) is 14.2. The number of carbonyl (C=O) groups excluding carboxylic acids is 1. The Balaban J connectivity index is 1.47. The molecule has 0 N–H and O–H groups in total. The largest absolute Gasteiger partial charge is 0.358 e. The van der Waals surface area contributed by atoms with E-state index in [0.29, 0.717) is 5.75 Å². The minimum atomic E-state index is 0.000517. The van der Waals surface area contributed by atoms with Crippen molar-refractivity contribution in [3.8, 4) is 0 Å². The van der Waals surface area contributed by atoms with Gasteiger partial charge < -0.3 is 4.90 Å². The normalized spacial score (nSPS) is 19.8. The molecule has 2 aromatic heterocycles. The summed E-state index contributed by atoms with van der Waals surface area (Å²) in [4.78, 5) is 17.4. The van der Waals surface area contributed by atoms with Gasteiger partial charge in [0.1, 0.15) is 4.32 Å². The molecule has 26 heavy (non-hydrogen) atoms. The third kappa shape index (κ3) is 3.88. The van der Waals surface area contributed by atoms with Crippen LogP contribution in [0.15, 0.2) is 40.1 Å². The SMILES string of the molecule is O=C(CSC(=S)N1CCCC1)N1N=C(c2cccs2)CC1c1cccs1. The van der Waals surface area contributed by atoms with Gasteiger partial charge in [-0.15, -0.1) is 22.7 Å². The van der Waals surface area contributed by atoms with E-state index in [9.17, 15) is 4.79 Å². The average Bonchev–Trinajstić information content (AvgIpc) is 3.42. The van der Waals surface area contributed by atoms with Crippen molar-refractivity contribution < 1.29 is 4.79 Å². The van der Waals surface area contributed by atoms with Crippen LogP contribution in [0.4, 0.5) is 0 Å². The number of thiophene rings is 2. The molecule has 0 saturated carbocycles. The number of rotatable bonds is 4. The fourth-order valence-corrected chi connectivity index (χ4v) is 5.85. The molecule has 4 rings (SSSR count). The molecule has 0 aromatic carbocycles. The van der Waals surface area contributed by atoms with Crippen molar-refractivity contribution in [3.63, 3.8) is 0 Å². The molecule has 2 aliphatic rings. The second-order valence-corrected chi connectivity index (χ2v) is 9.78. The summed E-state index contributed by atoms with van der Waals surface area (Å²) in [5, 5.41) is 10.5. The van der Waals surface area contributed by atoms with Crippen LogP contribution in [-0.2, 0) is 4.79 Å². The molecule has 1 atom stereocenters. The van der Waals surface area contributed by atoms with Crippen molar-refractivity contribution in [1.29, 1.82) is 0 Å². The van der Waals surface area contributed by atoms with Gasteiger partial charge in [-0.25, -0.2) is 5.01 Å². The third-order valence-electron chi connectivity index (χ3n) is 4.53. The van der Waals surface area contributed by atoms with Gasteiger partial charge in [0.05, 0.1) is 22.4 Å². The Bertz CT molecular complexity index is 795. The molecule has 1 fully saturated rings. The first-order chi connectivity index (χ1) is 12.7. The van der Waals surface area contributed by atoms with Gasteiger partial charge in [0, 0.05) is 24.4 Å². The van der Waals surface area contributed by atoms with Crippen LogP contribution in [0.3, 0.4) is 0 Å². The van der Waals surface area contributed by atoms with Crippen LogP contribution < -0.4 is 0 Å². The average molecular weight is 422 g/mol. The lowest BCUT2D eigenvalue weighted by molar-refractivity contribution is -0.130. The zero-order valence-corrected chi connectivity index (χ0v) is 17.4. The summed E-state index contributed by atoms with van der Waals surface area (Å²) >= 11 is 10.3. The third-order valence-corrected chi connectivity index (χ3v) is 7.93. The summed E-state index contributed by atoms with van der Waals surface area (Å²) in [5.74, 6) is 0.375. The molecular weight excluding hydrogens is 402 g/mol. The van der Waals surface area contributed by atoms with Crippen molar-refractivity contribution in [3.05, 3.63) is 44.8 Å². The fraction of sp³-hybridized carbons (Fsp3) is 0.389. The van der Waals surface area contributed by atoms with Crippen molar-refractivity contribution >= 4 is 62.6 Å². The Hall–Kier alpha value is -1.22. The smallest absolute Gasteiger partial charge is 0.253 e. The second kappa shape index (κ2) is 8.21. The molecule has 2 aliphatic heterocycles. The van der Waals surface area contributed by atoms with E-state index < -0.39 is 0 Å². The molecule has 0 bridgehead atoms. The summed E-state index contributed by atoms with van der Waals surface area (Å²) in [6.45, 7) is 2.03. The Labute approximate surface area is 170 Å². The van der Waals surface area contributed by atoms with Gasteiger partial charge >= 0.3 is 0 Å². The van der Waals surface area contributed by atoms with E-state index in [0.717, 1.165) is 34.4 Å². The van der Waals surface area contributed by atoms with Crippen molar-refractivity contribution in [2.24, 2.45) is 5.10 Å². The van der Waals surface area contributed by atoms with Crippen molar-refractivity contribution in [2.75, 3.05) is 18.8 Å². The zero-order chi connectivity index (χ0) is 17.9. The van der Waals surface area contributed by atoms with Gasteiger partial charge in [-0.3, -0.25) is 4.79 Å². The van der Waals surface area contributed by atoms with E-state index in [1.165, 1.54) is 29.5 Å². The monoisotopic (exact) mass is 421 g/mol. The lowest BCUT2D eigenvalue weighted by Gasteiger charge is -2.22. The van der Waals surface area contributed by atoms with E-state index in [2.05, 4.69) is 22.4 Å². The predicted molar refractivity (Wildman–Crippen MR) is 115 cm³/mol.